The Morgan fingerprint density at radius 2 is 1.59 bits per heavy atom. The summed E-state index contributed by atoms with van der Waals surface area (Å²) in [6, 6.07) is 20.7. The second kappa shape index (κ2) is 9.45. The van der Waals surface area contributed by atoms with Crippen LogP contribution in [-0.2, 0) is 21.7 Å². The van der Waals surface area contributed by atoms with Crippen LogP contribution in [0.1, 0.15) is 49.7 Å². The maximum atomic E-state index is 12.8. The fraction of sp³-hybridized carbons (Fsp3) is 0.481. The molecule has 0 bridgehead atoms. The lowest BCUT2D eigenvalue weighted by atomic mass is 9.64. The van der Waals surface area contributed by atoms with Gasteiger partial charge in [-0.25, -0.2) is 0 Å². The third kappa shape index (κ3) is 4.73. The van der Waals surface area contributed by atoms with Crippen LogP contribution in [-0.4, -0.2) is 48.8 Å². The van der Waals surface area contributed by atoms with Crippen LogP contribution in [0.5, 0.6) is 0 Å². The first-order chi connectivity index (χ1) is 15.4. The SMILES string of the molecule is CN(C)[C@]1(c2ccccc2)CC[C@@]2(CC1)CC(=O)N(CCC(=O)NCc1ccccc1)C2. The van der Waals surface area contributed by atoms with E-state index in [1.54, 1.807) is 0 Å². The molecule has 0 unspecified atom stereocenters. The number of hydrogen-bond acceptors (Lipinski definition) is 3. The third-order valence-electron chi connectivity index (χ3n) is 7.65. The van der Waals surface area contributed by atoms with Gasteiger partial charge in [0.05, 0.1) is 0 Å². The Morgan fingerprint density at radius 1 is 0.969 bits per heavy atom. The van der Waals surface area contributed by atoms with Gasteiger partial charge >= 0.3 is 0 Å². The molecule has 1 saturated heterocycles. The molecule has 170 valence electrons. The number of nitrogens with zero attached hydrogens (tertiary/aromatic N) is 2. The van der Waals surface area contributed by atoms with Crippen molar-refractivity contribution in [2.75, 3.05) is 27.2 Å². The Kier molecular flexibility index (Phi) is 6.66. The molecule has 1 heterocycles. The number of carbonyl (C=O) groups is 2. The summed E-state index contributed by atoms with van der Waals surface area (Å²) in [7, 11) is 4.34. The van der Waals surface area contributed by atoms with Gasteiger partial charge in [0.1, 0.15) is 0 Å². The van der Waals surface area contributed by atoms with Crippen molar-refractivity contribution in [2.24, 2.45) is 5.41 Å². The second-order valence-electron chi connectivity index (χ2n) is 9.80. The minimum Gasteiger partial charge on any atom is -0.352 e. The van der Waals surface area contributed by atoms with Crippen molar-refractivity contribution in [1.29, 1.82) is 0 Å². The molecular formula is C27H35N3O2. The van der Waals surface area contributed by atoms with Gasteiger partial charge in [-0.05, 0) is 56.3 Å². The Labute approximate surface area is 191 Å². The molecule has 2 fully saturated rings. The maximum Gasteiger partial charge on any atom is 0.223 e. The highest BCUT2D eigenvalue weighted by atomic mass is 16.2. The van der Waals surface area contributed by atoms with Crippen molar-refractivity contribution >= 4 is 11.8 Å². The lowest BCUT2D eigenvalue weighted by Crippen LogP contribution is -2.47. The molecule has 0 atom stereocenters. The zero-order valence-electron chi connectivity index (χ0n) is 19.3. The number of amides is 2. The molecular weight excluding hydrogens is 398 g/mol. The normalized spacial score (nSPS) is 25.5. The van der Waals surface area contributed by atoms with Gasteiger partial charge in [-0.15, -0.1) is 0 Å². The van der Waals surface area contributed by atoms with Gasteiger partial charge in [0, 0.05) is 38.0 Å². The molecule has 2 aliphatic rings. The largest absolute Gasteiger partial charge is 0.352 e. The molecule has 1 spiro atoms. The predicted octanol–water partition coefficient (Wildman–Crippen LogP) is 3.94. The first kappa shape index (κ1) is 22.5. The zero-order valence-corrected chi connectivity index (χ0v) is 19.3. The molecule has 0 aromatic heterocycles. The highest BCUT2D eigenvalue weighted by Crippen LogP contribution is 2.52. The molecule has 2 aromatic rings. The van der Waals surface area contributed by atoms with Gasteiger partial charge in [0.15, 0.2) is 0 Å². The second-order valence-corrected chi connectivity index (χ2v) is 9.80. The maximum absolute atomic E-state index is 12.8. The van der Waals surface area contributed by atoms with Crippen LogP contribution >= 0.6 is 0 Å². The topological polar surface area (TPSA) is 52.7 Å². The molecule has 4 rings (SSSR count). The standard InChI is InChI=1S/C27H35N3O2/c1-29(2)27(23-11-7-4-8-12-23)16-14-26(15-17-27)19-25(32)30(21-26)18-13-24(31)28-20-22-9-5-3-6-10-22/h3-12H,13-21H2,1-2H3,(H,28,31)/t26-,27-. The first-order valence-corrected chi connectivity index (χ1v) is 11.7. The van der Waals surface area contributed by atoms with Crippen LogP contribution in [0.15, 0.2) is 60.7 Å². The molecule has 0 radical (unpaired) electrons. The Morgan fingerprint density at radius 3 is 2.22 bits per heavy atom. The summed E-state index contributed by atoms with van der Waals surface area (Å²) >= 11 is 0. The lowest BCUT2D eigenvalue weighted by molar-refractivity contribution is -0.128. The van der Waals surface area contributed by atoms with E-state index in [-0.39, 0.29) is 22.8 Å². The molecule has 5 nitrogen and oxygen atoms in total. The minimum atomic E-state index is 0.00181. The van der Waals surface area contributed by atoms with E-state index in [1.807, 2.05) is 35.2 Å². The number of carbonyl (C=O) groups excluding carboxylic acids is 2. The smallest absolute Gasteiger partial charge is 0.223 e. The summed E-state index contributed by atoms with van der Waals surface area (Å²) in [5.74, 6) is 0.208. The molecule has 2 aromatic carbocycles. The van der Waals surface area contributed by atoms with Crippen molar-refractivity contribution in [3.63, 3.8) is 0 Å². The average Bonchev–Trinajstić information content (AvgIpc) is 3.12. The Balaban J connectivity index is 1.31. The number of hydrogen-bond donors (Lipinski definition) is 1. The monoisotopic (exact) mass is 433 g/mol. The summed E-state index contributed by atoms with van der Waals surface area (Å²) in [4.78, 5) is 29.4. The van der Waals surface area contributed by atoms with E-state index in [1.165, 1.54) is 5.56 Å². The highest BCUT2D eigenvalue weighted by Gasteiger charge is 2.50. The van der Waals surface area contributed by atoms with Crippen molar-refractivity contribution in [2.45, 2.75) is 50.6 Å². The summed E-state index contributed by atoms with van der Waals surface area (Å²) in [6.07, 6.45) is 5.19. The van der Waals surface area contributed by atoms with Crippen LogP contribution in [0.2, 0.25) is 0 Å². The van der Waals surface area contributed by atoms with E-state index in [0.717, 1.165) is 37.8 Å². The number of likely N-dealkylation sites (tertiary alicyclic amines) is 1. The predicted molar refractivity (Wildman–Crippen MR) is 127 cm³/mol. The Hall–Kier alpha value is -2.66. The van der Waals surface area contributed by atoms with Gasteiger partial charge < -0.3 is 10.2 Å². The highest BCUT2D eigenvalue weighted by molar-refractivity contribution is 5.81. The van der Waals surface area contributed by atoms with Crippen molar-refractivity contribution in [1.82, 2.24) is 15.1 Å². The van der Waals surface area contributed by atoms with Crippen molar-refractivity contribution in [3.05, 3.63) is 71.8 Å². The molecule has 1 aliphatic heterocycles. The minimum absolute atomic E-state index is 0.00181. The quantitative estimate of drug-likeness (QED) is 0.720. The van der Waals surface area contributed by atoms with E-state index in [2.05, 4.69) is 54.6 Å². The van der Waals surface area contributed by atoms with E-state index < -0.39 is 0 Å². The molecule has 5 heteroatoms. The zero-order chi connectivity index (χ0) is 22.6. The number of benzene rings is 2. The van der Waals surface area contributed by atoms with Crippen molar-refractivity contribution < 1.29 is 9.59 Å². The van der Waals surface area contributed by atoms with Crippen LogP contribution in [0.25, 0.3) is 0 Å². The molecule has 2 amide bonds. The summed E-state index contributed by atoms with van der Waals surface area (Å²) in [6.45, 7) is 1.83. The van der Waals surface area contributed by atoms with Gasteiger partial charge in [-0.3, -0.25) is 14.5 Å². The summed E-state index contributed by atoms with van der Waals surface area (Å²) in [5.41, 5.74) is 2.56. The molecule has 1 saturated carbocycles. The van der Waals surface area contributed by atoms with Crippen molar-refractivity contribution in [3.8, 4) is 0 Å². The summed E-state index contributed by atoms with van der Waals surface area (Å²) < 4.78 is 0. The van der Waals surface area contributed by atoms with Crippen LogP contribution in [0, 0.1) is 5.41 Å². The molecule has 1 aliphatic carbocycles. The van der Waals surface area contributed by atoms with E-state index in [4.69, 9.17) is 0 Å². The lowest BCUT2D eigenvalue weighted by Gasteiger charge is -2.48. The first-order valence-electron chi connectivity index (χ1n) is 11.7. The van der Waals surface area contributed by atoms with E-state index >= 15 is 0 Å². The third-order valence-corrected chi connectivity index (χ3v) is 7.65. The molecule has 32 heavy (non-hydrogen) atoms. The Bertz CT molecular complexity index is 918. The van der Waals surface area contributed by atoms with Crippen LogP contribution in [0.3, 0.4) is 0 Å². The summed E-state index contributed by atoms with van der Waals surface area (Å²) in [5, 5.41) is 2.97. The molecule has 1 N–H and O–H groups in total. The van der Waals surface area contributed by atoms with Gasteiger partial charge in [-0.1, -0.05) is 60.7 Å². The van der Waals surface area contributed by atoms with E-state index in [9.17, 15) is 9.59 Å². The van der Waals surface area contributed by atoms with Gasteiger partial charge in [-0.2, -0.15) is 0 Å². The number of rotatable bonds is 7. The fourth-order valence-electron chi connectivity index (χ4n) is 5.58. The number of nitrogens with one attached hydrogen (secondary N) is 1. The van der Waals surface area contributed by atoms with Gasteiger partial charge in [0.2, 0.25) is 11.8 Å². The average molecular weight is 434 g/mol. The van der Waals surface area contributed by atoms with Crippen LogP contribution in [0.4, 0.5) is 0 Å². The van der Waals surface area contributed by atoms with Crippen LogP contribution < -0.4 is 5.32 Å². The fourth-order valence-corrected chi connectivity index (χ4v) is 5.58. The van der Waals surface area contributed by atoms with Gasteiger partial charge in [0.25, 0.3) is 0 Å². The van der Waals surface area contributed by atoms with E-state index in [0.29, 0.717) is 25.9 Å².